The van der Waals surface area contributed by atoms with Gasteiger partial charge in [-0.1, -0.05) is 65.8 Å². The molecule has 6 heteroatoms. The number of rotatable bonds is 7. The van der Waals surface area contributed by atoms with Gasteiger partial charge in [-0.2, -0.15) is 0 Å². The number of carbonyl (C=O) groups excluding carboxylic acids is 1. The lowest BCUT2D eigenvalue weighted by Crippen LogP contribution is -2.48. The predicted molar refractivity (Wildman–Crippen MR) is 115 cm³/mol. The molecule has 2 aromatic carbocycles. The fraction of sp³-hybridized carbons (Fsp3) is 0.333. The molecule has 30 heavy (non-hydrogen) atoms. The highest BCUT2D eigenvalue weighted by Gasteiger charge is 2.27. The van der Waals surface area contributed by atoms with Crippen LogP contribution in [0.4, 0.5) is 0 Å². The summed E-state index contributed by atoms with van der Waals surface area (Å²) in [5.41, 5.74) is 2.32. The van der Waals surface area contributed by atoms with Gasteiger partial charge in [0.2, 0.25) is 0 Å². The molecule has 0 bridgehead atoms. The van der Waals surface area contributed by atoms with E-state index in [0.717, 1.165) is 44.0 Å². The summed E-state index contributed by atoms with van der Waals surface area (Å²) < 4.78 is 10.9. The summed E-state index contributed by atoms with van der Waals surface area (Å²) in [6.45, 7) is 6.67. The first-order valence-electron chi connectivity index (χ1n) is 10.4. The molecular formula is C24H27N3O3. The van der Waals surface area contributed by atoms with Crippen LogP contribution in [0.15, 0.2) is 71.3 Å². The molecule has 2 heterocycles. The molecule has 1 amide bonds. The van der Waals surface area contributed by atoms with E-state index in [-0.39, 0.29) is 11.9 Å². The molecule has 4 rings (SSSR count). The highest BCUT2D eigenvalue weighted by atomic mass is 16.5. The van der Waals surface area contributed by atoms with Crippen LogP contribution in [-0.4, -0.2) is 59.8 Å². The van der Waals surface area contributed by atoms with E-state index in [9.17, 15) is 4.79 Å². The number of ether oxygens (including phenoxy) is 1. The summed E-state index contributed by atoms with van der Waals surface area (Å²) >= 11 is 0. The third-order valence-corrected chi connectivity index (χ3v) is 5.40. The topological polar surface area (TPSA) is 58.8 Å². The first-order valence-corrected chi connectivity index (χ1v) is 10.4. The average molecular weight is 405 g/mol. The lowest BCUT2D eigenvalue weighted by atomic mass is 10.1. The second-order valence-corrected chi connectivity index (χ2v) is 7.62. The number of benzene rings is 2. The van der Waals surface area contributed by atoms with Gasteiger partial charge in [-0.25, -0.2) is 0 Å². The summed E-state index contributed by atoms with van der Waals surface area (Å²) in [4.78, 5) is 17.7. The molecule has 1 aliphatic heterocycles. The van der Waals surface area contributed by atoms with Gasteiger partial charge in [-0.3, -0.25) is 9.69 Å². The molecule has 0 aliphatic carbocycles. The Bertz CT molecular complexity index is 937. The van der Waals surface area contributed by atoms with Crippen molar-refractivity contribution >= 4 is 5.91 Å². The van der Waals surface area contributed by atoms with Gasteiger partial charge in [0, 0.05) is 43.9 Å². The Morgan fingerprint density at radius 1 is 1.07 bits per heavy atom. The quantitative estimate of drug-likeness (QED) is 0.600. The van der Waals surface area contributed by atoms with Crippen LogP contribution in [0, 0.1) is 0 Å². The third-order valence-electron chi connectivity index (χ3n) is 5.40. The maximum Gasteiger partial charge on any atom is 0.276 e. The Balaban J connectivity index is 1.54. The summed E-state index contributed by atoms with van der Waals surface area (Å²) in [5.74, 6) is 0.477. The Labute approximate surface area is 177 Å². The Morgan fingerprint density at radius 2 is 1.73 bits per heavy atom. The second kappa shape index (κ2) is 9.69. The van der Waals surface area contributed by atoms with Crippen LogP contribution in [0.3, 0.4) is 0 Å². The zero-order valence-electron chi connectivity index (χ0n) is 17.2. The Hall–Kier alpha value is -2.96. The SMILES string of the molecule is CC(CN1CCOCC1)N(Cc1ccccc1)C(=O)c1cc(-c2ccccc2)on1. The zero-order chi connectivity index (χ0) is 20.8. The molecule has 1 fully saturated rings. The smallest absolute Gasteiger partial charge is 0.276 e. The zero-order valence-corrected chi connectivity index (χ0v) is 17.2. The molecule has 3 aromatic rings. The monoisotopic (exact) mass is 405 g/mol. The fourth-order valence-electron chi connectivity index (χ4n) is 3.73. The molecule has 6 nitrogen and oxygen atoms in total. The van der Waals surface area contributed by atoms with E-state index in [4.69, 9.17) is 9.26 Å². The van der Waals surface area contributed by atoms with Crippen molar-refractivity contribution in [3.8, 4) is 11.3 Å². The fourth-order valence-corrected chi connectivity index (χ4v) is 3.73. The van der Waals surface area contributed by atoms with Crippen molar-refractivity contribution in [2.45, 2.75) is 19.5 Å². The van der Waals surface area contributed by atoms with Crippen LogP contribution in [-0.2, 0) is 11.3 Å². The second-order valence-electron chi connectivity index (χ2n) is 7.62. The first kappa shape index (κ1) is 20.3. The van der Waals surface area contributed by atoms with E-state index in [2.05, 4.69) is 17.0 Å². The third kappa shape index (κ3) is 4.96. The van der Waals surface area contributed by atoms with Crippen LogP contribution in [0.1, 0.15) is 23.0 Å². The van der Waals surface area contributed by atoms with Gasteiger partial charge in [0.1, 0.15) is 0 Å². The number of aromatic nitrogens is 1. The van der Waals surface area contributed by atoms with Crippen molar-refractivity contribution < 1.29 is 14.1 Å². The maximum absolute atomic E-state index is 13.4. The number of carbonyl (C=O) groups is 1. The predicted octanol–water partition coefficient (Wildman–Crippen LogP) is 3.70. The summed E-state index contributed by atoms with van der Waals surface area (Å²) in [6.07, 6.45) is 0. The minimum atomic E-state index is -0.120. The average Bonchev–Trinajstić information content (AvgIpc) is 3.29. The van der Waals surface area contributed by atoms with Gasteiger partial charge in [-0.05, 0) is 12.5 Å². The van der Waals surface area contributed by atoms with Crippen molar-refractivity contribution in [2.24, 2.45) is 0 Å². The standard InChI is InChI=1S/C24H27N3O3/c1-19(17-26-12-14-29-15-13-26)27(18-20-8-4-2-5-9-20)24(28)22-16-23(30-25-22)21-10-6-3-7-11-21/h2-11,16,19H,12-15,17-18H2,1H3. The Kier molecular flexibility index (Phi) is 6.57. The molecule has 1 saturated heterocycles. The molecule has 0 N–H and O–H groups in total. The van der Waals surface area contributed by atoms with Crippen molar-refractivity contribution in [3.63, 3.8) is 0 Å². The molecular weight excluding hydrogens is 378 g/mol. The van der Waals surface area contributed by atoms with Crippen LogP contribution >= 0.6 is 0 Å². The highest BCUT2D eigenvalue weighted by molar-refractivity contribution is 5.93. The van der Waals surface area contributed by atoms with E-state index in [0.29, 0.717) is 18.0 Å². The van der Waals surface area contributed by atoms with Gasteiger partial charge < -0.3 is 14.2 Å². The lowest BCUT2D eigenvalue weighted by molar-refractivity contribution is 0.0226. The maximum atomic E-state index is 13.4. The van der Waals surface area contributed by atoms with Crippen LogP contribution in [0.5, 0.6) is 0 Å². The summed E-state index contributed by atoms with van der Waals surface area (Å²) in [6, 6.07) is 21.5. The largest absolute Gasteiger partial charge is 0.379 e. The van der Waals surface area contributed by atoms with Crippen molar-refractivity contribution in [1.29, 1.82) is 0 Å². The van der Waals surface area contributed by atoms with Gasteiger partial charge in [0.05, 0.1) is 13.2 Å². The van der Waals surface area contributed by atoms with E-state index < -0.39 is 0 Å². The van der Waals surface area contributed by atoms with Crippen LogP contribution in [0.2, 0.25) is 0 Å². The van der Waals surface area contributed by atoms with E-state index >= 15 is 0 Å². The molecule has 0 saturated carbocycles. The number of morpholine rings is 1. The van der Waals surface area contributed by atoms with Gasteiger partial charge >= 0.3 is 0 Å². The van der Waals surface area contributed by atoms with Crippen molar-refractivity contribution in [2.75, 3.05) is 32.8 Å². The minimum absolute atomic E-state index is 0.0210. The normalized spacial score (nSPS) is 15.6. The van der Waals surface area contributed by atoms with Crippen molar-refractivity contribution in [1.82, 2.24) is 15.0 Å². The van der Waals surface area contributed by atoms with E-state index in [1.165, 1.54) is 0 Å². The molecule has 156 valence electrons. The number of hydrogen-bond donors (Lipinski definition) is 0. The summed E-state index contributed by atoms with van der Waals surface area (Å²) in [5, 5.41) is 4.08. The van der Waals surface area contributed by atoms with Gasteiger partial charge in [0.15, 0.2) is 11.5 Å². The number of amides is 1. The Morgan fingerprint density at radius 3 is 2.43 bits per heavy atom. The van der Waals surface area contributed by atoms with Gasteiger partial charge in [0.25, 0.3) is 5.91 Å². The van der Waals surface area contributed by atoms with Crippen LogP contribution in [0.25, 0.3) is 11.3 Å². The summed E-state index contributed by atoms with van der Waals surface area (Å²) in [7, 11) is 0. The number of nitrogens with zero attached hydrogens (tertiary/aromatic N) is 3. The van der Waals surface area contributed by atoms with E-state index in [1.807, 2.05) is 65.6 Å². The molecule has 1 aromatic heterocycles. The van der Waals surface area contributed by atoms with Crippen LogP contribution < -0.4 is 0 Å². The minimum Gasteiger partial charge on any atom is -0.379 e. The molecule has 0 spiro atoms. The molecule has 0 radical (unpaired) electrons. The molecule has 1 aliphatic rings. The highest BCUT2D eigenvalue weighted by Crippen LogP contribution is 2.22. The lowest BCUT2D eigenvalue weighted by Gasteiger charge is -2.34. The molecule has 1 unspecified atom stereocenters. The first-order chi connectivity index (χ1) is 14.7. The molecule has 1 atom stereocenters. The van der Waals surface area contributed by atoms with Gasteiger partial charge in [-0.15, -0.1) is 0 Å². The number of hydrogen-bond acceptors (Lipinski definition) is 5. The van der Waals surface area contributed by atoms with E-state index in [1.54, 1.807) is 6.07 Å². The van der Waals surface area contributed by atoms with Crippen molar-refractivity contribution in [3.05, 3.63) is 78.0 Å².